The van der Waals surface area contributed by atoms with Crippen LogP contribution in [0.3, 0.4) is 0 Å². The minimum Gasteiger partial charge on any atom is -0.326 e. The van der Waals surface area contributed by atoms with Crippen molar-refractivity contribution in [1.29, 1.82) is 0 Å². The minimum absolute atomic E-state index is 0.0673. The Balaban J connectivity index is 2.38. The van der Waals surface area contributed by atoms with Gasteiger partial charge in [-0.1, -0.05) is 44.4 Å². The minimum atomic E-state index is 0.0673. The molecule has 0 radical (unpaired) electrons. The Hall–Kier alpha value is -1.61. The molecule has 1 heterocycles. The third-order valence-electron chi connectivity index (χ3n) is 3.53. The molecule has 2 N–H and O–H groups in total. The number of benzene rings is 1. The molecular weight excluding hydrogens is 236 g/mol. The maximum absolute atomic E-state index is 12.4. The van der Waals surface area contributed by atoms with E-state index >= 15 is 0 Å². The largest absolute Gasteiger partial charge is 0.326 e. The van der Waals surface area contributed by atoms with Crippen LogP contribution in [0.1, 0.15) is 38.2 Å². The highest BCUT2D eigenvalue weighted by molar-refractivity contribution is 5.79. The first-order valence-electron chi connectivity index (χ1n) is 7.09. The molecule has 0 atom stereocenters. The van der Waals surface area contributed by atoms with Crippen molar-refractivity contribution in [2.75, 3.05) is 0 Å². The van der Waals surface area contributed by atoms with Crippen LogP contribution in [0.5, 0.6) is 0 Å². The molecule has 3 heteroatoms. The second-order valence-corrected chi connectivity index (χ2v) is 4.95. The standard InChI is InChI=1S/C16H22N2O/c1-2-3-4-7-10-18-15-9-6-5-8-13(15)11-14(12-17)16(18)19/h5-6,8-9,11H,2-4,7,10,12,17H2,1H3. The van der Waals surface area contributed by atoms with E-state index in [1.54, 1.807) is 0 Å². The monoisotopic (exact) mass is 258 g/mol. The molecular formula is C16H22N2O. The lowest BCUT2D eigenvalue weighted by molar-refractivity contribution is 0.580. The predicted molar refractivity (Wildman–Crippen MR) is 80.2 cm³/mol. The van der Waals surface area contributed by atoms with Crippen LogP contribution in [0.15, 0.2) is 35.1 Å². The summed E-state index contributed by atoms with van der Waals surface area (Å²) in [7, 11) is 0. The molecule has 0 aliphatic carbocycles. The highest BCUT2D eigenvalue weighted by Gasteiger charge is 2.07. The van der Waals surface area contributed by atoms with Crippen molar-refractivity contribution in [3.05, 3.63) is 46.2 Å². The molecule has 0 unspecified atom stereocenters. The Morgan fingerprint density at radius 1 is 1.16 bits per heavy atom. The molecule has 0 bridgehead atoms. The molecule has 0 saturated carbocycles. The van der Waals surface area contributed by atoms with Crippen molar-refractivity contribution in [3.8, 4) is 0 Å². The van der Waals surface area contributed by atoms with E-state index in [1.165, 1.54) is 19.3 Å². The van der Waals surface area contributed by atoms with Gasteiger partial charge in [0.2, 0.25) is 0 Å². The van der Waals surface area contributed by atoms with E-state index in [9.17, 15) is 4.79 Å². The van der Waals surface area contributed by atoms with Gasteiger partial charge in [0.1, 0.15) is 0 Å². The van der Waals surface area contributed by atoms with E-state index in [0.717, 1.165) is 23.9 Å². The fourth-order valence-corrected chi connectivity index (χ4v) is 2.45. The topological polar surface area (TPSA) is 48.0 Å². The molecule has 0 aliphatic heterocycles. The molecule has 0 saturated heterocycles. The molecule has 3 nitrogen and oxygen atoms in total. The van der Waals surface area contributed by atoms with Gasteiger partial charge in [0.15, 0.2) is 0 Å². The molecule has 1 aromatic heterocycles. The average molecular weight is 258 g/mol. The number of unbranched alkanes of at least 4 members (excludes halogenated alkanes) is 3. The van der Waals surface area contributed by atoms with Gasteiger partial charge in [0, 0.05) is 18.7 Å². The molecule has 0 aliphatic rings. The van der Waals surface area contributed by atoms with Crippen molar-refractivity contribution in [3.63, 3.8) is 0 Å². The summed E-state index contributed by atoms with van der Waals surface area (Å²) in [6.45, 7) is 3.28. The Morgan fingerprint density at radius 3 is 2.68 bits per heavy atom. The number of hydrogen-bond acceptors (Lipinski definition) is 2. The van der Waals surface area contributed by atoms with Gasteiger partial charge >= 0.3 is 0 Å². The number of rotatable bonds is 6. The fourth-order valence-electron chi connectivity index (χ4n) is 2.45. The van der Waals surface area contributed by atoms with Gasteiger partial charge < -0.3 is 10.3 Å². The van der Waals surface area contributed by atoms with Crippen LogP contribution in [0.4, 0.5) is 0 Å². The molecule has 0 amide bonds. The van der Waals surface area contributed by atoms with Crippen LogP contribution >= 0.6 is 0 Å². The van der Waals surface area contributed by atoms with Crippen LogP contribution in [-0.2, 0) is 13.1 Å². The molecule has 1 aromatic carbocycles. The quantitative estimate of drug-likeness (QED) is 0.810. The van der Waals surface area contributed by atoms with Crippen molar-refractivity contribution in [2.45, 2.75) is 45.7 Å². The lowest BCUT2D eigenvalue weighted by atomic mass is 10.1. The smallest absolute Gasteiger partial charge is 0.255 e. The number of hydrogen-bond donors (Lipinski definition) is 1. The molecule has 2 aromatic rings. The summed E-state index contributed by atoms with van der Waals surface area (Å²) in [6.07, 6.45) is 4.65. The van der Waals surface area contributed by atoms with E-state index in [1.807, 2.05) is 34.9 Å². The zero-order valence-corrected chi connectivity index (χ0v) is 11.6. The van der Waals surface area contributed by atoms with Crippen molar-refractivity contribution in [2.24, 2.45) is 5.73 Å². The van der Waals surface area contributed by atoms with Crippen molar-refractivity contribution < 1.29 is 0 Å². The second-order valence-electron chi connectivity index (χ2n) is 4.95. The van der Waals surface area contributed by atoms with Crippen molar-refractivity contribution >= 4 is 10.9 Å². The third-order valence-corrected chi connectivity index (χ3v) is 3.53. The van der Waals surface area contributed by atoms with Gasteiger partial charge in [-0.15, -0.1) is 0 Å². The number of nitrogens with zero attached hydrogens (tertiary/aromatic N) is 1. The van der Waals surface area contributed by atoms with E-state index < -0.39 is 0 Å². The van der Waals surface area contributed by atoms with Crippen LogP contribution in [0.25, 0.3) is 10.9 Å². The Kier molecular flexibility index (Phi) is 4.74. The van der Waals surface area contributed by atoms with Crippen LogP contribution < -0.4 is 11.3 Å². The van der Waals surface area contributed by atoms with Crippen LogP contribution in [0.2, 0.25) is 0 Å². The first-order valence-corrected chi connectivity index (χ1v) is 7.09. The summed E-state index contributed by atoms with van der Waals surface area (Å²) < 4.78 is 1.88. The first-order chi connectivity index (χ1) is 9.27. The number of para-hydroxylation sites is 1. The summed E-state index contributed by atoms with van der Waals surface area (Å²) in [4.78, 5) is 12.4. The lowest BCUT2D eigenvalue weighted by Gasteiger charge is -2.12. The summed E-state index contributed by atoms with van der Waals surface area (Å²) >= 11 is 0. The number of aryl methyl sites for hydroxylation is 1. The lowest BCUT2D eigenvalue weighted by Crippen LogP contribution is -2.25. The van der Waals surface area contributed by atoms with E-state index in [0.29, 0.717) is 12.1 Å². The first kappa shape index (κ1) is 13.8. The van der Waals surface area contributed by atoms with Gasteiger partial charge in [-0.05, 0) is 23.9 Å². The summed E-state index contributed by atoms with van der Waals surface area (Å²) in [5, 5.41) is 1.10. The SMILES string of the molecule is CCCCCCn1c(=O)c(CN)cc2ccccc21. The normalized spacial score (nSPS) is 11.1. The highest BCUT2D eigenvalue weighted by Crippen LogP contribution is 2.14. The number of aromatic nitrogens is 1. The average Bonchev–Trinajstić information content (AvgIpc) is 2.45. The summed E-state index contributed by atoms with van der Waals surface area (Å²) in [5.41, 5.74) is 7.46. The van der Waals surface area contributed by atoms with E-state index in [-0.39, 0.29) is 5.56 Å². The Morgan fingerprint density at radius 2 is 1.95 bits per heavy atom. The second kappa shape index (κ2) is 6.53. The predicted octanol–water partition coefficient (Wildman–Crippen LogP) is 3.04. The Bertz CT molecular complexity index is 601. The van der Waals surface area contributed by atoms with Crippen LogP contribution in [-0.4, -0.2) is 4.57 Å². The van der Waals surface area contributed by atoms with Gasteiger partial charge in [0.25, 0.3) is 5.56 Å². The van der Waals surface area contributed by atoms with E-state index in [2.05, 4.69) is 6.92 Å². The maximum atomic E-state index is 12.4. The fraction of sp³-hybridized carbons (Fsp3) is 0.438. The number of pyridine rings is 1. The van der Waals surface area contributed by atoms with Gasteiger partial charge in [-0.3, -0.25) is 4.79 Å². The Labute approximate surface area is 114 Å². The van der Waals surface area contributed by atoms with Gasteiger partial charge in [-0.25, -0.2) is 0 Å². The molecule has 0 fully saturated rings. The molecule has 102 valence electrons. The van der Waals surface area contributed by atoms with Gasteiger partial charge in [0.05, 0.1) is 5.52 Å². The maximum Gasteiger partial charge on any atom is 0.255 e. The summed E-state index contributed by atoms with van der Waals surface area (Å²) in [6, 6.07) is 9.94. The zero-order chi connectivity index (χ0) is 13.7. The molecule has 19 heavy (non-hydrogen) atoms. The summed E-state index contributed by atoms with van der Waals surface area (Å²) in [5.74, 6) is 0. The van der Waals surface area contributed by atoms with E-state index in [4.69, 9.17) is 5.73 Å². The molecule has 2 rings (SSSR count). The number of fused-ring (bicyclic) bond motifs is 1. The van der Waals surface area contributed by atoms with Crippen molar-refractivity contribution in [1.82, 2.24) is 4.57 Å². The molecule has 0 spiro atoms. The number of nitrogens with two attached hydrogens (primary N) is 1. The highest BCUT2D eigenvalue weighted by atomic mass is 16.1. The van der Waals surface area contributed by atoms with Gasteiger partial charge in [-0.2, -0.15) is 0 Å². The van der Waals surface area contributed by atoms with Crippen LogP contribution in [0, 0.1) is 0 Å². The zero-order valence-electron chi connectivity index (χ0n) is 11.6. The third kappa shape index (κ3) is 3.04.